The first kappa shape index (κ1) is 27.1. The first-order chi connectivity index (χ1) is 12.0. The first-order valence-corrected chi connectivity index (χ1v) is 8.73. The molecule has 2 aromatic rings. The quantitative estimate of drug-likeness (QED) is 0.164. The Kier molecular flexibility index (Phi) is 9.85. The summed E-state index contributed by atoms with van der Waals surface area (Å²) < 4.78 is 68.8. The van der Waals surface area contributed by atoms with Gasteiger partial charge in [-0.05, 0) is 0 Å². The number of benzene rings is 2. The number of rotatable bonds is 3. The summed E-state index contributed by atoms with van der Waals surface area (Å²) in [6, 6.07) is 5.44. The summed E-state index contributed by atoms with van der Waals surface area (Å²) in [4.78, 5) is 3.81. The van der Waals surface area contributed by atoms with Gasteiger partial charge in [-0.3, -0.25) is 0 Å². The largest absolute Gasteiger partial charge is 0.147 e. The molecule has 0 fully saturated rings. The summed E-state index contributed by atoms with van der Waals surface area (Å²) in [5.74, 6) is -10.1. The van der Waals surface area contributed by atoms with E-state index in [2.05, 4.69) is 4.99 Å². The van der Waals surface area contributed by atoms with Crippen molar-refractivity contribution in [2.75, 3.05) is 0 Å². The van der Waals surface area contributed by atoms with Crippen molar-refractivity contribution >= 4 is 40.1 Å². The Morgan fingerprint density at radius 2 is 1.36 bits per heavy atom. The number of hydrogen-bond acceptors (Lipinski definition) is 1. The summed E-state index contributed by atoms with van der Waals surface area (Å²) >= 11 is 1.85. The molecule has 28 heavy (non-hydrogen) atoms. The van der Waals surface area contributed by atoms with Crippen molar-refractivity contribution in [3.05, 3.63) is 58.4 Å². The van der Waals surface area contributed by atoms with Gasteiger partial charge < -0.3 is 0 Å². The zero-order valence-corrected chi connectivity index (χ0v) is 18.8. The van der Waals surface area contributed by atoms with E-state index in [1.807, 2.05) is 47.3 Å². The average Bonchev–Trinajstić information content (AvgIpc) is 2.58. The van der Waals surface area contributed by atoms with Crippen molar-refractivity contribution in [2.24, 2.45) is 4.99 Å². The predicted octanol–water partition coefficient (Wildman–Crippen LogP) is 6.23. The van der Waals surface area contributed by atoms with Crippen LogP contribution >= 0.6 is 24.8 Å². The molecule has 0 aliphatic carbocycles. The van der Waals surface area contributed by atoms with Gasteiger partial charge in [-0.25, -0.2) is 0 Å². The number of aliphatic imine (C=N–C) groups is 1. The third-order valence-electron chi connectivity index (χ3n) is 3.95. The topological polar surface area (TPSA) is 12.4 Å². The molecule has 0 aliphatic heterocycles. The maximum Gasteiger partial charge on any atom is -0.147 e. The smallest absolute Gasteiger partial charge is 0.147 e. The Morgan fingerprint density at radius 1 is 0.893 bits per heavy atom. The SMILES string of the molecule is CCC(=Nc1c(F)c(F)c(F)c(F)c1F)c1cccc(C(C)(C)C)[c]1[Ti].Cl.Cl. The molecule has 0 saturated carbocycles. The van der Waals surface area contributed by atoms with Gasteiger partial charge in [0.2, 0.25) is 0 Å². The van der Waals surface area contributed by atoms with Gasteiger partial charge in [0.25, 0.3) is 0 Å². The molecule has 0 aromatic heterocycles. The van der Waals surface area contributed by atoms with Crippen LogP contribution in [-0.2, 0) is 25.9 Å². The van der Waals surface area contributed by atoms with Crippen LogP contribution in [0.25, 0.3) is 0 Å². The molecule has 0 bridgehead atoms. The van der Waals surface area contributed by atoms with Crippen LogP contribution in [-0.4, -0.2) is 5.71 Å². The second-order valence-electron chi connectivity index (χ2n) is 6.81. The fourth-order valence-electron chi connectivity index (χ4n) is 2.57. The van der Waals surface area contributed by atoms with E-state index in [0.717, 1.165) is 9.43 Å². The van der Waals surface area contributed by atoms with Crippen molar-refractivity contribution in [1.29, 1.82) is 0 Å². The summed E-state index contributed by atoms with van der Waals surface area (Å²) in [7, 11) is 0. The van der Waals surface area contributed by atoms with Crippen LogP contribution < -0.4 is 3.87 Å². The van der Waals surface area contributed by atoms with Crippen LogP contribution in [0.15, 0.2) is 23.2 Å². The molecular formula is C19H19Cl2F5NTi. The maximum atomic E-state index is 14.0. The normalized spacial score (nSPS) is 11.6. The molecular weight excluding hydrogens is 456 g/mol. The van der Waals surface area contributed by atoms with Crippen molar-refractivity contribution in [2.45, 2.75) is 39.5 Å². The maximum absolute atomic E-state index is 14.0. The summed E-state index contributed by atoms with van der Waals surface area (Å²) in [6.07, 6.45) is 0.258. The van der Waals surface area contributed by atoms with Crippen LogP contribution in [0.1, 0.15) is 45.2 Å². The second kappa shape index (κ2) is 10.2. The molecule has 0 spiro atoms. The van der Waals surface area contributed by atoms with Crippen molar-refractivity contribution in [3.8, 4) is 0 Å². The molecule has 0 amide bonds. The molecule has 0 atom stereocenters. The van der Waals surface area contributed by atoms with Crippen molar-refractivity contribution < 1.29 is 42.4 Å². The predicted molar refractivity (Wildman–Crippen MR) is 102 cm³/mol. The van der Waals surface area contributed by atoms with Gasteiger partial charge in [-0.1, -0.05) is 0 Å². The monoisotopic (exact) mass is 474 g/mol. The summed E-state index contributed by atoms with van der Waals surface area (Å²) in [5.41, 5.74) is 0.525. The Hall–Kier alpha value is -0.946. The van der Waals surface area contributed by atoms with Gasteiger partial charge in [-0.2, -0.15) is 0 Å². The molecule has 9 heteroatoms. The van der Waals surface area contributed by atoms with E-state index in [-0.39, 0.29) is 42.4 Å². The Labute approximate surface area is 185 Å². The zero-order valence-electron chi connectivity index (χ0n) is 15.6. The molecule has 0 radical (unpaired) electrons. The minimum atomic E-state index is -2.19. The van der Waals surface area contributed by atoms with Crippen LogP contribution in [0.4, 0.5) is 27.6 Å². The fraction of sp³-hybridized carbons (Fsp3) is 0.316. The van der Waals surface area contributed by atoms with Gasteiger partial charge in [0.15, 0.2) is 0 Å². The second-order valence-corrected chi connectivity index (χ2v) is 7.59. The number of hydrogen-bond donors (Lipinski definition) is 0. The van der Waals surface area contributed by atoms with E-state index in [1.165, 1.54) is 0 Å². The standard InChI is InChI=1S/C19H17F5N.2ClH.Ti/c1-5-12(10-7-6-8-11(9-10)19(2,3)4)25-18-16(23)14(21)13(20)15(22)17(18)24;;;/h6-8H,5H2,1-4H3;2*1H;. The Bertz CT molecular complexity index is 866. The Balaban J connectivity index is 0.00000364. The number of halogens is 7. The summed E-state index contributed by atoms with van der Waals surface area (Å²) in [6.45, 7) is 7.76. The molecule has 0 heterocycles. The molecule has 153 valence electrons. The third kappa shape index (κ3) is 5.15. The Morgan fingerprint density at radius 3 is 1.79 bits per heavy atom. The van der Waals surface area contributed by atoms with Gasteiger partial charge in [0.05, 0.1) is 0 Å². The van der Waals surface area contributed by atoms with Crippen molar-refractivity contribution in [3.63, 3.8) is 0 Å². The minimum Gasteiger partial charge on any atom is -0.147 e. The van der Waals surface area contributed by atoms with Crippen LogP contribution in [0, 0.1) is 29.1 Å². The first-order valence-electron chi connectivity index (χ1n) is 7.95. The fourth-order valence-corrected chi connectivity index (χ4v) is 3.65. The van der Waals surface area contributed by atoms with Gasteiger partial charge in [0.1, 0.15) is 0 Å². The van der Waals surface area contributed by atoms with Crippen LogP contribution in [0.5, 0.6) is 0 Å². The molecule has 0 saturated heterocycles. The zero-order chi connectivity index (χ0) is 19.8. The van der Waals surface area contributed by atoms with E-state index in [4.69, 9.17) is 0 Å². The van der Waals surface area contributed by atoms with Gasteiger partial charge in [-0.15, -0.1) is 24.8 Å². The van der Waals surface area contributed by atoms with E-state index in [9.17, 15) is 22.0 Å². The third-order valence-corrected chi connectivity index (χ3v) is 4.79. The number of nitrogens with zero attached hydrogens (tertiary/aromatic N) is 1. The molecule has 0 unspecified atom stereocenters. The summed E-state index contributed by atoms with van der Waals surface area (Å²) in [5, 5.41) is 0. The van der Waals surface area contributed by atoms with E-state index in [0.29, 0.717) is 5.56 Å². The molecule has 2 aromatic carbocycles. The van der Waals surface area contributed by atoms with E-state index < -0.39 is 34.8 Å². The average molecular weight is 475 g/mol. The van der Waals surface area contributed by atoms with Crippen LogP contribution in [0.2, 0.25) is 0 Å². The van der Waals surface area contributed by atoms with Gasteiger partial charge in [0, 0.05) is 0 Å². The van der Waals surface area contributed by atoms with Gasteiger partial charge >= 0.3 is 161 Å². The van der Waals surface area contributed by atoms with Crippen LogP contribution in [0.3, 0.4) is 0 Å². The molecule has 0 aliphatic rings. The molecule has 1 nitrogen and oxygen atoms in total. The minimum absolute atomic E-state index is 0. The van der Waals surface area contributed by atoms with E-state index in [1.54, 1.807) is 19.1 Å². The molecule has 2 rings (SSSR count). The van der Waals surface area contributed by atoms with Crippen molar-refractivity contribution in [1.82, 2.24) is 0 Å². The van der Waals surface area contributed by atoms with E-state index >= 15 is 0 Å². The molecule has 0 N–H and O–H groups in total.